The van der Waals surface area contributed by atoms with Crippen LogP contribution in [0.1, 0.15) is 5.56 Å². The van der Waals surface area contributed by atoms with E-state index in [1.807, 2.05) is 13.1 Å². The van der Waals surface area contributed by atoms with E-state index >= 15 is 0 Å². The molecule has 96 valence electrons. The summed E-state index contributed by atoms with van der Waals surface area (Å²) < 4.78 is 26.4. The van der Waals surface area contributed by atoms with Crippen molar-refractivity contribution in [1.29, 1.82) is 0 Å². The maximum Gasteiger partial charge on any atom is 0.278 e. The van der Waals surface area contributed by atoms with Crippen molar-refractivity contribution in [3.63, 3.8) is 0 Å². The van der Waals surface area contributed by atoms with Gasteiger partial charge in [0.15, 0.2) is 5.03 Å². The van der Waals surface area contributed by atoms with Crippen molar-refractivity contribution in [2.75, 3.05) is 11.8 Å². The number of aromatic amines is 1. The molecular weight excluding hydrogens is 252 g/mol. The van der Waals surface area contributed by atoms with Crippen molar-refractivity contribution in [3.05, 3.63) is 42.4 Å². The summed E-state index contributed by atoms with van der Waals surface area (Å²) >= 11 is 0. The van der Waals surface area contributed by atoms with Gasteiger partial charge in [-0.2, -0.15) is 8.42 Å². The lowest BCUT2D eigenvalue weighted by atomic mass is 10.2. The monoisotopic (exact) mass is 266 g/mol. The highest BCUT2D eigenvalue weighted by molar-refractivity contribution is 7.92. The van der Waals surface area contributed by atoms with E-state index in [1.165, 1.54) is 12.5 Å². The molecule has 0 saturated carbocycles. The molecule has 0 bridgehead atoms. The first-order chi connectivity index (χ1) is 8.62. The zero-order valence-corrected chi connectivity index (χ0v) is 10.7. The summed E-state index contributed by atoms with van der Waals surface area (Å²) in [5.41, 5.74) is 1.53. The van der Waals surface area contributed by atoms with Crippen LogP contribution in [0.25, 0.3) is 0 Å². The van der Waals surface area contributed by atoms with E-state index in [2.05, 4.69) is 20.0 Å². The van der Waals surface area contributed by atoms with E-state index in [4.69, 9.17) is 0 Å². The number of hydrogen-bond donors (Lipinski definition) is 3. The molecule has 2 rings (SSSR count). The van der Waals surface area contributed by atoms with Crippen LogP contribution in [0, 0.1) is 0 Å². The minimum atomic E-state index is -3.59. The summed E-state index contributed by atoms with van der Waals surface area (Å²) in [4.78, 5) is 6.26. The SMILES string of the molecule is CNCc1cccc(NS(=O)(=O)c2cnc[nH]2)c1. The zero-order valence-electron chi connectivity index (χ0n) is 9.84. The Labute approximate surface area is 106 Å². The van der Waals surface area contributed by atoms with Gasteiger partial charge in [0.05, 0.1) is 12.5 Å². The highest BCUT2D eigenvalue weighted by Gasteiger charge is 2.15. The Kier molecular flexibility index (Phi) is 3.63. The van der Waals surface area contributed by atoms with Gasteiger partial charge in [-0.05, 0) is 24.7 Å². The van der Waals surface area contributed by atoms with Crippen LogP contribution in [0.15, 0.2) is 41.8 Å². The number of aromatic nitrogens is 2. The molecule has 0 atom stereocenters. The van der Waals surface area contributed by atoms with E-state index < -0.39 is 10.0 Å². The van der Waals surface area contributed by atoms with Gasteiger partial charge in [-0.3, -0.25) is 4.72 Å². The Bertz CT molecular complexity index is 608. The van der Waals surface area contributed by atoms with Crippen LogP contribution in [-0.4, -0.2) is 25.4 Å². The van der Waals surface area contributed by atoms with Crippen molar-refractivity contribution in [2.45, 2.75) is 11.6 Å². The number of nitrogens with zero attached hydrogens (tertiary/aromatic N) is 1. The summed E-state index contributed by atoms with van der Waals surface area (Å²) in [5, 5.41) is 3.05. The molecule has 7 heteroatoms. The average Bonchev–Trinajstić information content (AvgIpc) is 2.83. The van der Waals surface area contributed by atoms with Gasteiger partial charge in [-0.1, -0.05) is 12.1 Å². The van der Waals surface area contributed by atoms with Crippen LogP contribution in [0.2, 0.25) is 0 Å². The van der Waals surface area contributed by atoms with E-state index in [-0.39, 0.29) is 5.03 Å². The number of benzene rings is 1. The van der Waals surface area contributed by atoms with Crippen molar-refractivity contribution in [3.8, 4) is 0 Å². The first-order valence-electron chi connectivity index (χ1n) is 5.36. The van der Waals surface area contributed by atoms with Gasteiger partial charge in [-0.15, -0.1) is 0 Å². The lowest BCUT2D eigenvalue weighted by Gasteiger charge is -2.07. The normalized spacial score (nSPS) is 11.4. The Hall–Kier alpha value is -1.86. The van der Waals surface area contributed by atoms with E-state index in [0.717, 1.165) is 5.56 Å². The quantitative estimate of drug-likeness (QED) is 0.751. The molecule has 1 aromatic heterocycles. The predicted molar refractivity (Wildman–Crippen MR) is 68.6 cm³/mol. The minimum Gasteiger partial charge on any atom is -0.334 e. The molecule has 18 heavy (non-hydrogen) atoms. The summed E-state index contributed by atoms with van der Waals surface area (Å²) in [6.45, 7) is 0.680. The highest BCUT2D eigenvalue weighted by atomic mass is 32.2. The highest BCUT2D eigenvalue weighted by Crippen LogP contribution is 2.15. The molecule has 2 aromatic rings. The fourth-order valence-corrected chi connectivity index (χ4v) is 2.50. The number of anilines is 1. The molecule has 0 aliphatic carbocycles. The molecule has 0 fully saturated rings. The van der Waals surface area contributed by atoms with Crippen molar-refractivity contribution in [1.82, 2.24) is 15.3 Å². The van der Waals surface area contributed by atoms with Crippen LogP contribution in [0.4, 0.5) is 5.69 Å². The summed E-state index contributed by atoms with van der Waals surface area (Å²) in [7, 11) is -1.76. The van der Waals surface area contributed by atoms with E-state index in [0.29, 0.717) is 12.2 Å². The summed E-state index contributed by atoms with van der Waals surface area (Å²) in [6.07, 6.45) is 2.59. The van der Waals surface area contributed by atoms with Crippen LogP contribution in [0.3, 0.4) is 0 Å². The third-order valence-corrected chi connectivity index (χ3v) is 3.63. The molecule has 0 spiro atoms. The Morgan fingerprint density at radius 1 is 1.39 bits per heavy atom. The lowest BCUT2D eigenvalue weighted by molar-refractivity contribution is 0.598. The predicted octanol–water partition coefficient (Wildman–Crippen LogP) is 0.930. The van der Waals surface area contributed by atoms with Crippen molar-refractivity contribution in [2.24, 2.45) is 0 Å². The van der Waals surface area contributed by atoms with E-state index in [9.17, 15) is 8.42 Å². The van der Waals surface area contributed by atoms with Crippen molar-refractivity contribution >= 4 is 15.7 Å². The van der Waals surface area contributed by atoms with Gasteiger partial charge < -0.3 is 10.3 Å². The Balaban J connectivity index is 2.21. The first-order valence-corrected chi connectivity index (χ1v) is 6.85. The third-order valence-electron chi connectivity index (χ3n) is 2.32. The van der Waals surface area contributed by atoms with Gasteiger partial charge in [0.25, 0.3) is 10.0 Å². The van der Waals surface area contributed by atoms with Gasteiger partial charge >= 0.3 is 0 Å². The molecule has 1 heterocycles. The second-order valence-electron chi connectivity index (χ2n) is 3.75. The van der Waals surface area contributed by atoms with Crippen molar-refractivity contribution < 1.29 is 8.42 Å². The molecule has 0 radical (unpaired) electrons. The van der Waals surface area contributed by atoms with Gasteiger partial charge in [0, 0.05) is 12.2 Å². The van der Waals surface area contributed by atoms with Crippen LogP contribution < -0.4 is 10.0 Å². The number of nitrogens with one attached hydrogen (secondary N) is 3. The number of rotatable bonds is 5. The van der Waals surface area contributed by atoms with Gasteiger partial charge in [-0.25, -0.2) is 4.98 Å². The molecular formula is C11H14N4O2S. The fourth-order valence-electron chi connectivity index (χ4n) is 1.55. The number of imidazole rings is 1. The molecule has 0 unspecified atom stereocenters. The first kappa shape index (κ1) is 12.6. The molecule has 3 N–H and O–H groups in total. The Morgan fingerprint density at radius 2 is 2.22 bits per heavy atom. The molecule has 0 amide bonds. The minimum absolute atomic E-state index is 0.0431. The number of H-pyrrole nitrogens is 1. The molecule has 6 nitrogen and oxygen atoms in total. The smallest absolute Gasteiger partial charge is 0.278 e. The van der Waals surface area contributed by atoms with Gasteiger partial charge in [0.2, 0.25) is 0 Å². The van der Waals surface area contributed by atoms with E-state index in [1.54, 1.807) is 18.2 Å². The van der Waals surface area contributed by atoms with Crippen LogP contribution in [0.5, 0.6) is 0 Å². The molecule has 0 saturated heterocycles. The summed E-state index contributed by atoms with van der Waals surface area (Å²) in [6, 6.07) is 7.21. The standard InChI is InChI=1S/C11H14N4O2S/c1-12-6-9-3-2-4-10(5-9)15-18(16,17)11-7-13-8-14-11/h2-5,7-8,12,15H,6H2,1H3,(H,13,14). The topological polar surface area (TPSA) is 86.9 Å². The fraction of sp³-hybridized carbons (Fsp3) is 0.182. The molecule has 0 aliphatic heterocycles. The number of sulfonamides is 1. The lowest BCUT2D eigenvalue weighted by Crippen LogP contribution is -2.13. The Morgan fingerprint density at radius 3 is 2.89 bits per heavy atom. The maximum atomic E-state index is 11.9. The summed E-state index contributed by atoms with van der Waals surface area (Å²) in [5.74, 6) is 0. The van der Waals surface area contributed by atoms with Gasteiger partial charge in [0.1, 0.15) is 0 Å². The number of hydrogen-bond acceptors (Lipinski definition) is 4. The largest absolute Gasteiger partial charge is 0.334 e. The molecule has 1 aromatic carbocycles. The second kappa shape index (κ2) is 5.19. The average molecular weight is 266 g/mol. The third kappa shape index (κ3) is 2.88. The molecule has 0 aliphatic rings. The van der Waals surface area contributed by atoms with Crippen LogP contribution >= 0.6 is 0 Å². The maximum absolute atomic E-state index is 11.9. The second-order valence-corrected chi connectivity index (χ2v) is 5.40. The van der Waals surface area contributed by atoms with Crippen LogP contribution in [-0.2, 0) is 16.6 Å². The zero-order chi connectivity index (χ0) is 13.0.